The van der Waals surface area contributed by atoms with Crippen molar-refractivity contribution in [2.75, 3.05) is 31.1 Å². The van der Waals surface area contributed by atoms with Crippen molar-refractivity contribution in [1.82, 2.24) is 4.90 Å². The predicted molar refractivity (Wildman–Crippen MR) is 88.6 cm³/mol. The van der Waals surface area contributed by atoms with Crippen LogP contribution in [0, 0.1) is 10.1 Å². The molecular weight excluding hydrogens is 351 g/mol. The first-order valence-corrected chi connectivity index (χ1v) is 8.89. The number of ether oxygens (including phenoxy) is 1. The molecule has 1 aromatic rings. The standard InChI is InChI=1S/C17H20F3N3O3/c18-17(19,20)15-14(26-12-3-4-12)6-5-13(23(24)25)16(15)22-9-8-21-7-1-2-11(21)10-22/h5-6,11-12H,1-4,7-10H2/t11-/m1/s1. The summed E-state index contributed by atoms with van der Waals surface area (Å²) in [6.07, 6.45) is -1.61. The fraction of sp³-hybridized carbons (Fsp3) is 0.647. The third kappa shape index (κ3) is 3.20. The van der Waals surface area contributed by atoms with Gasteiger partial charge in [-0.15, -0.1) is 0 Å². The zero-order valence-corrected chi connectivity index (χ0v) is 14.2. The van der Waals surface area contributed by atoms with Gasteiger partial charge in [-0.1, -0.05) is 0 Å². The van der Waals surface area contributed by atoms with Crippen LogP contribution < -0.4 is 9.64 Å². The Morgan fingerprint density at radius 2 is 1.92 bits per heavy atom. The van der Waals surface area contributed by atoms with Gasteiger partial charge in [0, 0.05) is 31.7 Å². The summed E-state index contributed by atoms with van der Waals surface area (Å²) in [7, 11) is 0. The normalized spacial score (nSPS) is 23.8. The van der Waals surface area contributed by atoms with E-state index in [1.165, 1.54) is 4.90 Å². The number of hydrogen-bond donors (Lipinski definition) is 0. The molecule has 0 aromatic heterocycles. The maximum atomic E-state index is 13.9. The van der Waals surface area contributed by atoms with Crippen molar-refractivity contribution in [3.63, 3.8) is 0 Å². The molecule has 1 saturated carbocycles. The molecule has 1 aromatic carbocycles. The van der Waals surface area contributed by atoms with Crippen LogP contribution >= 0.6 is 0 Å². The third-order valence-corrected chi connectivity index (χ3v) is 5.32. The molecule has 0 spiro atoms. The van der Waals surface area contributed by atoms with Gasteiger partial charge in [0.15, 0.2) is 0 Å². The topological polar surface area (TPSA) is 58.9 Å². The molecular formula is C17H20F3N3O3. The molecule has 2 saturated heterocycles. The van der Waals surface area contributed by atoms with Gasteiger partial charge in [-0.25, -0.2) is 0 Å². The molecule has 4 rings (SSSR count). The summed E-state index contributed by atoms with van der Waals surface area (Å²) in [6.45, 7) is 2.27. The van der Waals surface area contributed by atoms with Gasteiger partial charge in [-0.05, 0) is 38.3 Å². The van der Waals surface area contributed by atoms with E-state index in [1.54, 1.807) is 0 Å². The van der Waals surface area contributed by atoms with E-state index in [1.807, 2.05) is 0 Å². The average molecular weight is 371 g/mol. The van der Waals surface area contributed by atoms with Crippen LogP contribution in [-0.2, 0) is 6.18 Å². The lowest BCUT2D eigenvalue weighted by Crippen LogP contribution is -2.50. The average Bonchev–Trinajstić information content (AvgIpc) is 3.26. The third-order valence-electron chi connectivity index (χ3n) is 5.32. The lowest BCUT2D eigenvalue weighted by atomic mass is 10.0. The lowest BCUT2D eigenvalue weighted by Gasteiger charge is -2.39. The van der Waals surface area contributed by atoms with E-state index < -0.39 is 22.4 Å². The molecule has 0 radical (unpaired) electrons. The number of alkyl halides is 3. The number of anilines is 1. The minimum Gasteiger partial charge on any atom is -0.490 e. The van der Waals surface area contributed by atoms with Crippen LogP contribution in [0.3, 0.4) is 0 Å². The Hall–Kier alpha value is -2.03. The number of fused-ring (bicyclic) bond motifs is 1. The Balaban J connectivity index is 1.80. The molecule has 6 nitrogen and oxygen atoms in total. The molecule has 1 aliphatic carbocycles. The predicted octanol–water partition coefficient (Wildman–Crippen LogP) is 3.44. The van der Waals surface area contributed by atoms with Crippen molar-refractivity contribution in [2.24, 2.45) is 0 Å². The molecule has 3 aliphatic rings. The molecule has 3 fully saturated rings. The number of benzene rings is 1. The van der Waals surface area contributed by atoms with Gasteiger partial charge in [0.1, 0.15) is 17.0 Å². The number of rotatable bonds is 4. The highest BCUT2D eigenvalue weighted by Crippen LogP contribution is 2.49. The van der Waals surface area contributed by atoms with E-state index in [9.17, 15) is 23.3 Å². The molecule has 2 heterocycles. The van der Waals surface area contributed by atoms with Crippen molar-refractivity contribution in [3.05, 3.63) is 27.8 Å². The Kier molecular flexibility index (Phi) is 4.21. The summed E-state index contributed by atoms with van der Waals surface area (Å²) in [5, 5.41) is 11.5. The van der Waals surface area contributed by atoms with Crippen LogP contribution in [-0.4, -0.2) is 48.1 Å². The minimum absolute atomic E-state index is 0.150. The van der Waals surface area contributed by atoms with Crippen molar-refractivity contribution in [1.29, 1.82) is 0 Å². The molecule has 1 atom stereocenters. The summed E-state index contributed by atoms with van der Waals surface area (Å²) in [5.74, 6) is -0.297. The highest BCUT2D eigenvalue weighted by molar-refractivity contribution is 5.73. The first-order valence-electron chi connectivity index (χ1n) is 8.89. The van der Waals surface area contributed by atoms with Crippen LogP contribution in [0.25, 0.3) is 0 Å². The quantitative estimate of drug-likeness (QED) is 0.599. The van der Waals surface area contributed by atoms with Gasteiger partial charge in [0.25, 0.3) is 5.69 Å². The largest absolute Gasteiger partial charge is 0.490 e. The smallest absolute Gasteiger partial charge is 0.422 e. The van der Waals surface area contributed by atoms with Crippen molar-refractivity contribution >= 4 is 11.4 Å². The second-order valence-electron chi connectivity index (χ2n) is 7.16. The van der Waals surface area contributed by atoms with Crippen LogP contribution in [0.4, 0.5) is 24.5 Å². The summed E-state index contributed by atoms with van der Waals surface area (Å²) >= 11 is 0. The van der Waals surface area contributed by atoms with Gasteiger partial charge < -0.3 is 9.64 Å². The summed E-state index contributed by atoms with van der Waals surface area (Å²) in [6, 6.07) is 2.38. The zero-order valence-electron chi connectivity index (χ0n) is 14.2. The SMILES string of the molecule is O=[N+]([O-])c1ccc(OC2CC2)c(C(F)(F)F)c1N1CCN2CCC[C@@H]2C1. The maximum absolute atomic E-state index is 13.9. The van der Waals surface area contributed by atoms with Crippen LogP contribution in [0.2, 0.25) is 0 Å². The zero-order chi connectivity index (χ0) is 18.5. The van der Waals surface area contributed by atoms with Gasteiger partial charge in [0.05, 0.1) is 11.0 Å². The van der Waals surface area contributed by atoms with E-state index >= 15 is 0 Å². The van der Waals surface area contributed by atoms with Crippen LogP contribution in [0.5, 0.6) is 5.75 Å². The van der Waals surface area contributed by atoms with Crippen molar-refractivity contribution < 1.29 is 22.8 Å². The lowest BCUT2D eigenvalue weighted by molar-refractivity contribution is -0.384. The monoisotopic (exact) mass is 371 g/mol. The van der Waals surface area contributed by atoms with Crippen molar-refractivity contribution in [3.8, 4) is 5.75 Å². The number of halogens is 3. The molecule has 26 heavy (non-hydrogen) atoms. The first-order chi connectivity index (χ1) is 12.3. The number of nitrogens with zero attached hydrogens (tertiary/aromatic N) is 3. The van der Waals surface area contributed by atoms with Gasteiger partial charge in [0.2, 0.25) is 0 Å². The van der Waals surface area contributed by atoms with Gasteiger partial charge in [-0.2, -0.15) is 13.2 Å². The minimum atomic E-state index is -4.72. The summed E-state index contributed by atoms with van der Waals surface area (Å²) in [4.78, 5) is 14.5. The van der Waals surface area contributed by atoms with Crippen LogP contribution in [0.1, 0.15) is 31.2 Å². The molecule has 0 amide bonds. The van der Waals surface area contributed by atoms with E-state index in [0.29, 0.717) is 32.5 Å². The number of hydrogen-bond acceptors (Lipinski definition) is 5. The highest BCUT2D eigenvalue weighted by Gasteiger charge is 2.45. The molecule has 2 aliphatic heterocycles. The number of nitro groups is 1. The first kappa shape index (κ1) is 17.4. The van der Waals surface area contributed by atoms with E-state index in [0.717, 1.165) is 31.5 Å². The molecule has 0 N–H and O–H groups in total. The van der Waals surface area contributed by atoms with Gasteiger partial charge >= 0.3 is 6.18 Å². The molecule has 0 bridgehead atoms. The number of piperazine rings is 1. The molecule has 9 heteroatoms. The van der Waals surface area contributed by atoms with Crippen LogP contribution in [0.15, 0.2) is 12.1 Å². The fourth-order valence-corrected chi connectivity index (χ4v) is 3.96. The maximum Gasteiger partial charge on any atom is 0.422 e. The Bertz CT molecular complexity index is 721. The summed E-state index contributed by atoms with van der Waals surface area (Å²) < 4.78 is 47.2. The Labute approximate surface area is 148 Å². The van der Waals surface area contributed by atoms with Gasteiger partial charge in [-0.3, -0.25) is 15.0 Å². The van der Waals surface area contributed by atoms with E-state index in [-0.39, 0.29) is 23.6 Å². The van der Waals surface area contributed by atoms with E-state index in [2.05, 4.69) is 4.90 Å². The summed E-state index contributed by atoms with van der Waals surface area (Å²) in [5.41, 5.74) is -1.86. The van der Waals surface area contributed by atoms with Crippen molar-refractivity contribution in [2.45, 2.75) is 44.0 Å². The molecule has 0 unspecified atom stereocenters. The Morgan fingerprint density at radius 3 is 2.58 bits per heavy atom. The molecule has 142 valence electrons. The second-order valence-corrected chi connectivity index (χ2v) is 7.16. The number of nitro benzene ring substituents is 1. The Morgan fingerprint density at radius 1 is 1.15 bits per heavy atom. The van der Waals surface area contributed by atoms with E-state index in [4.69, 9.17) is 4.74 Å². The second kappa shape index (κ2) is 6.29. The highest BCUT2D eigenvalue weighted by atomic mass is 19.4. The fourth-order valence-electron chi connectivity index (χ4n) is 3.96.